The number of nitrogens with one attached hydrogen (secondary N) is 1. The highest BCUT2D eigenvalue weighted by Crippen LogP contribution is 2.50. The predicted octanol–water partition coefficient (Wildman–Crippen LogP) is 5.47. The molecular formula is C41H44ClN7O4. The Morgan fingerprint density at radius 1 is 0.925 bits per heavy atom. The third kappa shape index (κ3) is 5.75. The first-order valence-corrected chi connectivity index (χ1v) is 18.9. The van der Waals surface area contributed by atoms with Crippen molar-refractivity contribution in [3.63, 3.8) is 0 Å². The van der Waals surface area contributed by atoms with Crippen molar-refractivity contribution >= 4 is 23.4 Å². The first-order chi connectivity index (χ1) is 25.6. The zero-order chi connectivity index (χ0) is 36.6. The molecule has 1 aliphatic carbocycles. The van der Waals surface area contributed by atoms with E-state index < -0.39 is 0 Å². The minimum atomic E-state index is -0.0880. The van der Waals surface area contributed by atoms with E-state index in [-0.39, 0.29) is 28.8 Å². The molecule has 4 saturated heterocycles. The van der Waals surface area contributed by atoms with Gasteiger partial charge in [-0.1, -0.05) is 48.0 Å². The maximum atomic E-state index is 11.8. The Labute approximate surface area is 314 Å². The van der Waals surface area contributed by atoms with Gasteiger partial charge in [-0.2, -0.15) is 0 Å². The summed E-state index contributed by atoms with van der Waals surface area (Å²) in [5.41, 5.74) is 9.65. The van der Waals surface area contributed by atoms with Crippen LogP contribution in [0.25, 0.3) is 33.6 Å². The maximum absolute atomic E-state index is 11.8. The number of pyridine rings is 1. The quantitative estimate of drug-likeness (QED) is 0.252. The van der Waals surface area contributed by atoms with E-state index in [9.17, 15) is 9.59 Å². The molecule has 4 fully saturated rings. The number of methoxy groups -OCH3 is 2. The van der Waals surface area contributed by atoms with E-state index in [0.717, 1.165) is 103 Å². The number of likely N-dealkylation sites (tertiary alicyclic amines) is 3. The van der Waals surface area contributed by atoms with E-state index in [1.807, 2.05) is 35.4 Å². The lowest BCUT2D eigenvalue weighted by Gasteiger charge is -2.61. The van der Waals surface area contributed by atoms with Crippen molar-refractivity contribution in [2.45, 2.75) is 57.7 Å². The van der Waals surface area contributed by atoms with Crippen LogP contribution in [0.1, 0.15) is 54.6 Å². The summed E-state index contributed by atoms with van der Waals surface area (Å²) >= 11 is 7.29. The minimum absolute atomic E-state index is 0.0880. The van der Waals surface area contributed by atoms with Gasteiger partial charge in [-0.25, -0.2) is 9.97 Å². The molecule has 0 bridgehead atoms. The largest absolute Gasteiger partial charge is 0.481 e. The number of halogens is 1. The van der Waals surface area contributed by atoms with Gasteiger partial charge in [0.05, 0.1) is 42.4 Å². The van der Waals surface area contributed by atoms with E-state index in [4.69, 9.17) is 36.0 Å². The van der Waals surface area contributed by atoms with Crippen LogP contribution in [0.2, 0.25) is 5.02 Å². The van der Waals surface area contributed by atoms with Crippen LogP contribution in [0, 0.1) is 12.3 Å². The summed E-state index contributed by atoms with van der Waals surface area (Å²) in [5, 5.41) is 3.77. The van der Waals surface area contributed by atoms with Gasteiger partial charge in [-0.05, 0) is 48.9 Å². The van der Waals surface area contributed by atoms with E-state index in [1.165, 1.54) is 11.1 Å². The van der Waals surface area contributed by atoms with Gasteiger partial charge >= 0.3 is 0 Å². The second kappa shape index (κ2) is 12.8. The molecule has 4 aliphatic heterocycles. The first-order valence-electron chi connectivity index (χ1n) is 18.5. The van der Waals surface area contributed by atoms with Gasteiger partial charge < -0.3 is 19.7 Å². The monoisotopic (exact) mass is 733 g/mol. The van der Waals surface area contributed by atoms with Gasteiger partial charge in [-0.15, -0.1) is 0 Å². The molecular weight excluding hydrogens is 690 g/mol. The Bertz CT molecular complexity index is 2150. The number of nitrogens with zero attached hydrogens (tertiary/aromatic N) is 6. The lowest BCUT2D eigenvalue weighted by Crippen LogP contribution is -2.72. The molecule has 5 aliphatic rings. The van der Waals surface area contributed by atoms with Crippen molar-refractivity contribution in [3.8, 4) is 45.4 Å². The smallest absolute Gasteiger partial charge is 0.237 e. The predicted molar refractivity (Wildman–Crippen MR) is 202 cm³/mol. The Morgan fingerprint density at radius 2 is 1.62 bits per heavy atom. The molecule has 4 aromatic rings. The van der Waals surface area contributed by atoms with Crippen molar-refractivity contribution in [2.75, 3.05) is 53.5 Å². The van der Waals surface area contributed by atoms with Crippen LogP contribution in [0.3, 0.4) is 0 Å². The lowest BCUT2D eigenvalue weighted by atomic mass is 9.72. The average molecular weight is 734 g/mol. The zero-order valence-corrected chi connectivity index (χ0v) is 31.4. The average Bonchev–Trinajstić information content (AvgIpc) is 3.71. The maximum Gasteiger partial charge on any atom is 0.237 e. The summed E-state index contributed by atoms with van der Waals surface area (Å²) in [6, 6.07) is 14.7. The zero-order valence-electron chi connectivity index (χ0n) is 30.7. The van der Waals surface area contributed by atoms with Crippen LogP contribution in [0.4, 0.5) is 0 Å². The topological polar surface area (TPSA) is 113 Å². The number of carbonyl (C=O) groups is 2. The van der Waals surface area contributed by atoms with Crippen LogP contribution >= 0.6 is 11.6 Å². The Balaban J connectivity index is 0.958. The van der Waals surface area contributed by atoms with Crippen LogP contribution in [0.15, 0.2) is 48.7 Å². The van der Waals surface area contributed by atoms with Crippen LogP contribution < -0.4 is 14.8 Å². The molecule has 2 aromatic carbocycles. The molecule has 12 heteroatoms. The molecule has 0 saturated carbocycles. The van der Waals surface area contributed by atoms with Crippen LogP contribution in [0.5, 0.6) is 11.8 Å². The molecule has 274 valence electrons. The molecule has 1 atom stereocenters. The number of aromatic nitrogens is 3. The normalized spacial score (nSPS) is 21.2. The summed E-state index contributed by atoms with van der Waals surface area (Å²) < 4.78 is 11.7. The molecule has 11 nitrogen and oxygen atoms in total. The summed E-state index contributed by atoms with van der Waals surface area (Å²) in [5.74, 6) is 1.47. The van der Waals surface area contributed by atoms with Crippen LogP contribution in [-0.2, 0) is 22.6 Å². The SMILES string of the molecule is COc1nc(-c2cccc(-c3cccc(-c4cc5c(c(OC)n4)[C@@H](N4CC6(CN(C(C)=O)C6)C4)CC5)c3Cl)c2C)cnc1CN1CC2(CCC(=O)N2)C1. The number of fused-ring (bicyclic) bond motifs is 1. The van der Waals surface area contributed by atoms with E-state index in [0.29, 0.717) is 29.7 Å². The molecule has 0 radical (unpaired) electrons. The summed E-state index contributed by atoms with van der Waals surface area (Å²) in [4.78, 5) is 45.1. The molecule has 2 aromatic heterocycles. The lowest BCUT2D eigenvalue weighted by molar-refractivity contribution is -0.161. The molecule has 53 heavy (non-hydrogen) atoms. The number of rotatable bonds is 8. The highest BCUT2D eigenvalue weighted by molar-refractivity contribution is 6.36. The number of aryl methyl sites for hydroxylation is 1. The number of carbonyl (C=O) groups excluding carboxylic acids is 2. The van der Waals surface area contributed by atoms with Gasteiger partial charge in [0.1, 0.15) is 5.69 Å². The highest BCUT2D eigenvalue weighted by Gasteiger charge is 2.55. The number of hydrogen-bond donors (Lipinski definition) is 1. The molecule has 9 rings (SSSR count). The molecule has 2 amide bonds. The summed E-state index contributed by atoms with van der Waals surface area (Å²) in [7, 11) is 3.33. The van der Waals surface area contributed by atoms with Gasteiger partial charge in [-0.3, -0.25) is 24.4 Å². The van der Waals surface area contributed by atoms with E-state index in [2.05, 4.69) is 40.2 Å². The second-order valence-electron chi connectivity index (χ2n) is 15.8. The summed E-state index contributed by atoms with van der Waals surface area (Å²) in [6.45, 7) is 9.69. The van der Waals surface area contributed by atoms with Gasteiger partial charge in [0, 0.05) is 92.9 Å². The molecule has 6 heterocycles. The summed E-state index contributed by atoms with van der Waals surface area (Å²) in [6.07, 6.45) is 5.28. The van der Waals surface area contributed by atoms with Gasteiger partial charge in [0.25, 0.3) is 0 Å². The minimum Gasteiger partial charge on any atom is -0.481 e. The second-order valence-corrected chi connectivity index (χ2v) is 16.1. The van der Waals surface area contributed by atoms with E-state index >= 15 is 0 Å². The Kier molecular flexibility index (Phi) is 8.25. The third-order valence-electron chi connectivity index (χ3n) is 12.2. The van der Waals surface area contributed by atoms with Crippen molar-refractivity contribution < 1.29 is 19.1 Å². The van der Waals surface area contributed by atoms with E-state index in [1.54, 1.807) is 21.1 Å². The fourth-order valence-corrected chi connectivity index (χ4v) is 9.87. The standard InChI is InChI=1S/C41H44ClN7O4/c1-24-27(7-5-8-28(24)32-16-43-33(38(45-32)52-3)17-47-22-41(23-47)14-13-35(51)46-41)29-9-6-10-30(37(29)42)31-15-26-11-12-34(36(26)39(44-31)53-4)49-20-40(21-49)18-48(19-40)25(2)50/h5-10,15-16,34H,11-14,17-23H2,1-4H3,(H,46,51)/t34-/m0/s1. The van der Waals surface area contributed by atoms with Crippen molar-refractivity contribution in [1.29, 1.82) is 0 Å². The first kappa shape index (κ1) is 34.2. The Morgan fingerprint density at radius 3 is 2.32 bits per heavy atom. The number of hydrogen-bond acceptors (Lipinski definition) is 9. The van der Waals surface area contributed by atoms with Gasteiger partial charge in [0.15, 0.2) is 0 Å². The fourth-order valence-electron chi connectivity index (χ4n) is 9.55. The number of benzene rings is 2. The Hall–Kier alpha value is -4.58. The van der Waals surface area contributed by atoms with Crippen molar-refractivity contribution in [2.24, 2.45) is 5.41 Å². The number of amides is 2. The van der Waals surface area contributed by atoms with Crippen LogP contribution in [-0.4, -0.2) is 100 Å². The third-order valence-corrected chi connectivity index (χ3v) is 12.6. The van der Waals surface area contributed by atoms with Crippen molar-refractivity contribution in [1.82, 2.24) is 35.0 Å². The molecule has 2 spiro atoms. The van der Waals surface area contributed by atoms with Gasteiger partial charge in [0.2, 0.25) is 23.6 Å². The fraction of sp³-hybridized carbons (Fsp3) is 0.439. The highest BCUT2D eigenvalue weighted by atomic mass is 35.5. The van der Waals surface area contributed by atoms with Crippen molar-refractivity contribution in [3.05, 3.63) is 76.1 Å². The molecule has 0 unspecified atom stereocenters. The number of ether oxygens (including phenoxy) is 2. The molecule has 1 N–H and O–H groups in total.